The number of amides is 1. The van der Waals surface area contributed by atoms with Crippen molar-refractivity contribution >= 4 is 17.5 Å². The van der Waals surface area contributed by atoms with Crippen LogP contribution in [0.4, 0.5) is 0 Å². The Kier molecular flexibility index (Phi) is 2.95. The van der Waals surface area contributed by atoms with Crippen LogP contribution < -0.4 is 10.6 Å². The van der Waals surface area contributed by atoms with Crippen molar-refractivity contribution in [2.24, 2.45) is 0 Å². The van der Waals surface area contributed by atoms with Gasteiger partial charge in [0.1, 0.15) is 0 Å². The molecule has 1 saturated heterocycles. The van der Waals surface area contributed by atoms with Crippen molar-refractivity contribution in [2.45, 2.75) is 12.1 Å². The van der Waals surface area contributed by atoms with Crippen LogP contribution in [0.2, 0.25) is 5.22 Å². The van der Waals surface area contributed by atoms with Crippen LogP contribution in [-0.4, -0.2) is 36.2 Å². The molecule has 2 atom stereocenters. The van der Waals surface area contributed by atoms with E-state index in [1.54, 1.807) is 0 Å². The van der Waals surface area contributed by atoms with E-state index in [4.69, 9.17) is 16.0 Å². The summed E-state index contributed by atoms with van der Waals surface area (Å²) in [7, 11) is 0. The molecule has 5 nitrogen and oxygen atoms in total. The number of β-amino-alcohol motifs (C(OH)–C–C–N with tert-alkyl or cyclic N) is 1. The fourth-order valence-electron chi connectivity index (χ4n) is 1.49. The number of rotatable bonds is 2. The summed E-state index contributed by atoms with van der Waals surface area (Å²) < 4.78 is 4.94. The highest BCUT2D eigenvalue weighted by Crippen LogP contribution is 2.13. The first-order chi connectivity index (χ1) is 7.16. The maximum absolute atomic E-state index is 11.6. The van der Waals surface area contributed by atoms with E-state index in [1.165, 1.54) is 12.1 Å². The van der Waals surface area contributed by atoms with Gasteiger partial charge in [0.05, 0.1) is 12.1 Å². The van der Waals surface area contributed by atoms with E-state index in [1.807, 2.05) is 0 Å². The van der Waals surface area contributed by atoms with Gasteiger partial charge < -0.3 is 20.2 Å². The summed E-state index contributed by atoms with van der Waals surface area (Å²) in [6.07, 6.45) is -0.556. The van der Waals surface area contributed by atoms with Crippen molar-refractivity contribution < 1.29 is 14.3 Å². The normalized spacial score (nSPS) is 25.5. The van der Waals surface area contributed by atoms with Crippen molar-refractivity contribution in [1.29, 1.82) is 0 Å². The Hall–Kier alpha value is -1.04. The van der Waals surface area contributed by atoms with Gasteiger partial charge in [0.15, 0.2) is 11.0 Å². The summed E-state index contributed by atoms with van der Waals surface area (Å²) in [6, 6.07) is 2.72. The molecule has 0 bridgehead atoms. The van der Waals surface area contributed by atoms with E-state index in [2.05, 4.69) is 10.6 Å². The second kappa shape index (κ2) is 4.22. The zero-order valence-corrected chi connectivity index (χ0v) is 8.62. The molecule has 0 saturated carbocycles. The minimum Gasteiger partial charge on any atom is -0.440 e. The molecule has 6 heteroatoms. The van der Waals surface area contributed by atoms with Crippen LogP contribution in [0.5, 0.6) is 0 Å². The third kappa shape index (κ3) is 2.31. The zero-order valence-electron chi connectivity index (χ0n) is 7.87. The lowest BCUT2D eigenvalue weighted by atomic mass is 10.2. The van der Waals surface area contributed by atoms with Gasteiger partial charge in [-0.25, -0.2) is 0 Å². The number of hydrogen-bond donors (Lipinski definition) is 3. The monoisotopic (exact) mass is 230 g/mol. The summed E-state index contributed by atoms with van der Waals surface area (Å²) in [5, 5.41) is 15.2. The molecular weight excluding hydrogens is 220 g/mol. The van der Waals surface area contributed by atoms with Crippen molar-refractivity contribution in [3.8, 4) is 0 Å². The highest BCUT2D eigenvalue weighted by atomic mass is 35.5. The molecule has 82 valence electrons. The van der Waals surface area contributed by atoms with Gasteiger partial charge in [0.25, 0.3) is 5.91 Å². The second-order valence-corrected chi connectivity index (χ2v) is 3.78. The molecule has 1 amide bonds. The number of carbonyl (C=O) groups is 1. The molecule has 2 rings (SSSR count). The number of aliphatic hydroxyl groups excluding tert-OH is 1. The number of hydrogen-bond acceptors (Lipinski definition) is 4. The maximum Gasteiger partial charge on any atom is 0.287 e. The van der Waals surface area contributed by atoms with Gasteiger partial charge >= 0.3 is 0 Å². The number of carbonyl (C=O) groups excluding carboxylic acids is 1. The number of nitrogens with one attached hydrogen (secondary N) is 2. The van der Waals surface area contributed by atoms with Crippen molar-refractivity contribution in [2.75, 3.05) is 13.1 Å². The SMILES string of the molecule is O=C(N[C@H]1CNC[C@H]1O)c1ccc(Cl)o1. The average Bonchev–Trinajstić information content (AvgIpc) is 2.77. The molecule has 3 N–H and O–H groups in total. The van der Waals surface area contributed by atoms with Crippen LogP contribution in [-0.2, 0) is 0 Å². The molecular formula is C9H11ClN2O3. The minimum atomic E-state index is -0.556. The lowest BCUT2D eigenvalue weighted by Crippen LogP contribution is -2.42. The van der Waals surface area contributed by atoms with Gasteiger partial charge in [-0.2, -0.15) is 0 Å². The van der Waals surface area contributed by atoms with E-state index in [9.17, 15) is 9.90 Å². The summed E-state index contributed by atoms with van der Waals surface area (Å²) in [5.41, 5.74) is 0. The van der Waals surface area contributed by atoms with E-state index < -0.39 is 6.10 Å². The molecule has 0 aromatic carbocycles. The van der Waals surface area contributed by atoms with Gasteiger partial charge in [0, 0.05) is 13.1 Å². The van der Waals surface area contributed by atoms with E-state index in [0.29, 0.717) is 13.1 Å². The molecule has 0 spiro atoms. The topological polar surface area (TPSA) is 74.5 Å². The van der Waals surface area contributed by atoms with Gasteiger partial charge in [0.2, 0.25) is 0 Å². The summed E-state index contributed by atoms with van der Waals surface area (Å²) >= 11 is 5.54. The van der Waals surface area contributed by atoms with Crippen LogP contribution in [0.3, 0.4) is 0 Å². The molecule has 1 aliphatic heterocycles. The first-order valence-corrected chi connectivity index (χ1v) is 4.99. The third-order valence-electron chi connectivity index (χ3n) is 2.30. The van der Waals surface area contributed by atoms with Crippen LogP contribution in [0.1, 0.15) is 10.6 Å². The van der Waals surface area contributed by atoms with Crippen molar-refractivity contribution in [3.63, 3.8) is 0 Å². The summed E-state index contributed by atoms with van der Waals surface area (Å²) in [6.45, 7) is 1.05. The first kappa shape index (κ1) is 10.5. The zero-order chi connectivity index (χ0) is 10.8. The molecule has 1 aromatic rings. The fraction of sp³-hybridized carbons (Fsp3) is 0.444. The van der Waals surface area contributed by atoms with Crippen LogP contribution in [0.15, 0.2) is 16.5 Å². The Morgan fingerprint density at radius 1 is 1.60 bits per heavy atom. The van der Waals surface area contributed by atoms with Crippen LogP contribution >= 0.6 is 11.6 Å². The summed E-state index contributed by atoms with van der Waals surface area (Å²) in [5.74, 6) is -0.214. The Labute approximate surface area is 91.4 Å². The molecule has 1 aromatic heterocycles. The number of halogens is 1. The Morgan fingerprint density at radius 3 is 2.93 bits per heavy atom. The molecule has 0 aliphatic carbocycles. The van der Waals surface area contributed by atoms with Gasteiger partial charge in [-0.3, -0.25) is 4.79 Å². The van der Waals surface area contributed by atoms with Crippen molar-refractivity contribution in [1.82, 2.24) is 10.6 Å². The fourth-order valence-corrected chi connectivity index (χ4v) is 1.63. The maximum atomic E-state index is 11.6. The second-order valence-electron chi connectivity index (χ2n) is 3.41. The first-order valence-electron chi connectivity index (χ1n) is 4.62. The predicted molar refractivity (Wildman–Crippen MR) is 53.8 cm³/mol. The lowest BCUT2D eigenvalue weighted by Gasteiger charge is -2.13. The highest BCUT2D eigenvalue weighted by molar-refractivity contribution is 6.29. The highest BCUT2D eigenvalue weighted by Gasteiger charge is 2.27. The molecule has 1 fully saturated rings. The predicted octanol–water partition coefficient (Wildman–Crippen LogP) is -0.00450. The molecule has 0 unspecified atom stereocenters. The number of furan rings is 1. The van der Waals surface area contributed by atoms with E-state index in [0.717, 1.165) is 0 Å². The quantitative estimate of drug-likeness (QED) is 0.669. The van der Waals surface area contributed by atoms with Gasteiger partial charge in [-0.1, -0.05) is 0 Å². The molecule has 2 heterocycles. The standard InChI is InChI=1S/C9H11ClN2O3/c10-8-2-1-7(15-8)9(14)12-5-3-11-4-6(5)13/h1-2,5-6,11,13H,3-4H2,(H,12,14)/t5-,6+/m0/s1. The Morgan fingerprint density at radius 2 is 2.40 bits per heavy atom. The van der Waals surface area contributed by atoms with E-state index >= 15 is 0 Å². The third-order valence-corrected chi connectivity index (χ3v) is 2.50. The Balaban J connectivity index is 1.97. The largest absolute Gasteiger partial charge is 0.440 e. The smallest absolute Gasteiger partial charge is 0.287 e. The molecule has 1 aliphatic rings. The van der Waals surface area contributed by atoms with Crippen LogP contribution in [0, 0.1) is 0 Å². The van der Waals surface area contributed by atoms with Gasteiger partial charge in [-0.15, -0.1) is 0 Å². The van der Waals surface area contributed by atoms with E-state index in [-0.39, 0.29) is 22.9 Å². The minimum absolute atomic E-state index is 0.152. The number of aliphatic hydroxyl groups is 1. The molecule has 15 heavy (non-hydrogen) atoms. The molecule has 0 radical (unpaired) electrons. The van der Waals surface area contributed by atoms with Crippen LogP contribution in [0.25, 0.3) is 0 Å². The average molecular weight is 231 g/mol. The lowest BCUT2D eigenvalue weighted by molar-refractivity contribution is 0.0861. The van der Waals surface area contributed by atoms with Gasteiger partial charge in [-0.05, 0) is 23.7 Å². The van der Waals surface area contributed by atoms with Crippen molar-refractivity contribution in [3.05, 3.63) is 23.1 Å². The Bertz CT molecular complexity index is 366. The summed E-state index contributed by atoms with van der Waals surface area (Å²) in [4.78, 5) is 11.6.